The molecule has 0 saturated carbocycles. The van der Waals surface area contributed by atoms with Crippen molar-refractivity contribution in [3.05, 3.63) is 58.7 Å². The Bertz CT molecular complexity index is 1040. The molecule has 5 heteroatoms. The van der Waals surface area contributed by atoms with Gasteiger partial charge in [-0.15, -0.1) is 11.3 Å². The van der Waals surface area contributed by atoms with Crippen molar-refractivity contribution in [2.45, 2.75) is 91.6 Å². The van der Waals surface area contributed by atoms with Gasteiger partial charge in [0.25, 0.3) is 0 Å². The summed E-state index contributed by atoms with van der Waals surface area (Å²) in [6, 6.07) is 8.76. The highest BCUT2D eigenvalue weighted by atomic mass is 32.1. The van der Waals surface area contributed by atoms with E-state index in [0.717, 1.165) is 16.5 Å². The van der Waals surface area contributed by atoms with E-state index in [9.17, 15) is 0 Å². The van der Waals surface area contributed by atoms with Crippen molar-refractivity contribution >= 4 is 22.2 Å². The van der Waals surface area contributed by atoms with Crippen LogP contribution < -0.4 is 10.6 Å². The summed E-state index contributed by atoms with van der Waals surface area (Å²) in [5.41, 5.74) is 13.6. The number of pyridine rings is 1. The van der Waals surface area contributed by atoms with E-state index in [1.165, 1.54) is 22.3 Å². The first-order chi connectivity index (χ1) is 15.4. The van der Waals surface area contributed by atoms with E-state index in [1.54, 1.807) is 17.5 Å². The molecule has 33 heavy (non-hydrogen) atoms. The van der Waals surface area contributed by atoms with Crippen molar-refractivity contribution in [3.8, 4) is 11.3 Å². The van der Waals surface area contributed by atoms with Gasteiger partial charge in [0.2, 0.25) is 0 Å². The van der Waals surface area contributed by atoms with Crippen LogP contribution in [-0.4, -0.2) is 21.5 Å². The second-order valence-corrected chi connectivity index (χ2v) is 11.4. The van der Waals surface area contributed by atoms with Crippen LogP contribution in [-0.2, 0) is 0 Å². The fraction of sp³-hybridized carbons (Fsp3) is 0.500. The van der Waals surface area contributed by atoms with Gasteiger partial charge in [-0.2, -0.15) is 0 Å². The maximum atomic E-state index is 6.45. The molecule has 0 aliphatic rings. The van der Waals surface area contributed by atoms with E-state index < -0.39 is 0 Å². The Morgan fingerprint density at radius 3 is 2.00 bits per heavy atom. The lowest BCUT2D eigenvalue weighted by molar-refractivity contribution is 0.423. The van der Waals surface area contributed by atoms with E-state index in [0.29, 0.717) is 17.8 Å². The third-order valence-electron chi connectivity index (χ3n) is 6.67. The normalized spacial score (nSPS) is 13.2. The topological polar surface area (TPSA) is 55.0 Å². The van der Waals surface area contributed by atoms with Crippen molar-refractivity contribution in [2.24, 2.45) is 5.73 Å². The van der Waals surface area contributed by atoms with E-state index >= 15 is 0 Å². The van der Waals surface area contributed by atoms with Crippen LogP contribution in [0.25, 0.3) is 11.3 Å². The summed E-state index contributed by atoms with van der Waals surface area (Å²) in [6.45, 7) is 20.0. The molecular formula is C28H40N4S. The Morgan fingerprint density at radius 1 is 0.939 bits per heavy atom. The van der Waals surface area contributed by atoms with Gasteiger partial charge in [-0.1, -0.05) is 53.7 Å². The Hall–Kier alpha value is -2.24. The molecule has 1 unspecified atom stereocenters. The molecule has 1 aromatic carbocycles. The summed E-state index contributed by atoms with van der Waals surface area (Å²) in [4.78, 5) is 11.8. The summed E-state index contributed by atoms with van der Waals surface area (Å²) in [5, 5.41) is 3.15. The van der Waals surface area contributed by atoms with E-state index in [2.05, 4.69) is 95.8 Å². The largest absolute Gasteiger partial charge is 0.326 e. The molecule has 4 nitrogen and oxygen atoms in total. The molecule has 0 radical (unpaired) electrons. The maximum absolute atomic E-state index is 6.45. The molecular weight excluding hydrogens is 424 g/mol. The lowest BCUT2D eigenvalue weighted by Gasteiger charge is -2.41. The zero-order valence-corrected chi connectivity index (χ0v) is 22.5. The fourth-order valence-electron chi connectivity index (χ4n) is 4.11. The summed E-state index contributed by atoms with van der Waals surface area (Å²) in [5.74, 6) is 1.32. The Balaban J connectivity index is 2.22. The zero-order valence-electron chi connectivity index (χ0n) is 21.7. The molecule has 0 fully saturated rings. The summed E-state index contributed by atoms with van der Waals surface area (Å²) in [7, 11) is 0. The van der Waals surface area contributed by atoms with Crippen molar-refractivity contribution in [1.29, 1.82) is 0 Å². The summed E-state index contributed by atoms with van der Waals surface area (Å²) >= 11 is 1.67. The molecule has 2 N–H and O–H groups in total. The number of aromatic nitrogens is 2. The van der Waals surface area contributed by atoms with Crippen molar-refractivity contribution in [2.75, 3.05) is 4.90 Å². The first-order valence-electron chi connectivity index (χ1n) is 12.0. The lowest BCUT2D eigenvalue weighted by Crippen LogP contribution is -2.53. The van der Waals surface area contributed by atoms with Crippen LogP contribution in [0.4, 0.5) is 10.8 Å². The minimum Gasteiger partial charge on any atom is -0.326 e. The van der Waals surface area contributed by atoms with E-state index in [4.69, 9.17) is 10.7 Å². The van der Waals surface area contributed by atoms with Crippen LogP contribution in [0.1, 0.15) is 96.8 Å². The molecule has 3 aromatic rings. The van der Waals surface area contributed by atoms with Crippen molar-refractivity contribution in [3.63, 3.8) is 0 Å². The highest BCUT2D eigenvalue weighted by Gasteiger charge is 2.34. The van der Waals surface area contributed by atoms with Gasteiger partial charge in [-0.3, -0.25) is 4.98 Å². The zero-order chi connectivity index (χ0) is 24.5. The van der Waals surface area contributed by atoms with Gasteiger partial charge in [0.1, 0.15) is 0 Å². The number of nitrogens with zero attached hydrogens (tertiary/aromatic N) is 3. The van der Waals surface area contributed by atoms with Crippen molar-refractivity contribution in [1.82, 2.24) is 9.97 Å². The predicted molar refractivity (Wildman–Crippen MR) is 144 cm³/mol. The predicted octanol–water partition coefficient (Wildman–Crippen LogP) is 7.84. The SMILES string of the molecule is CC(C)c1cc(C(C)C)c(-c2csc(N(c3cccnc3)C(C)(C)C(C)N)n2)c(C(C)C)c1. The minimum atomic E-state index is -0.332. The smallest absolute Gasteiger partial charge is 0.191 e. The molecule has 0 aliphatic heterocycles. The van der Waals surface area contributed by atoms with Gasteiger partial charge in [0.15, 0.2) is 5.13 Å². The molecule has 3 rings (SSSR count). The number of benzene rings is 1. The Labute approximate surface area is 204 Å². The number of hydrogen-bond acceptors (Lipinski definition) is 5. The third kappa shape index (κ3) is 5.15. The maximum Gasteiger partial charge on any atom is 0.191 e. The fourth-order valence-corrected chi connectivity index (χ4v) is 5.10. The van der Waals surface area contributed by atoms with Crippen LogP contribution in [0.15, 0.2) is 42.0 Å². The average molecular weight is 465 g/mol. The number of anilines is 2. The second-order valence-electron chi connectivity index (χ2n) is 10.5. The monoisotopic (exact) mass is 464 g/mol. The van der Waals surface area contributed by atoms with Gasteiger partial charge in [0, 0.05) is 23.2 Å². The van der Waals surface area contributed by atoms with Gasteiger partial charge in [0.05, 0.1) is 23.1 Å². The van der Waals surface area contributed by atoms with Gasteiger partial charge < -0.3 is 10.6 Å². The van der Waals surface area contributed by atoms with Crippen LogP contribution >= 0.6 is 11.3 Å². The van der Waals surface area contributed by atoms with Crippen molar-refractivity contribution < 1.29 is 0 Å². The summed E-state index contributed by atoms with van der Waals surface area (Å²) in [6.07, 6.45) is 3.69. The molecule has 0 spiro atoms. The highest BCUT2D eigenvalue weighted by molar-refractivity contribution is 7.14. The summed E-state index contributed by atoms with van der Waals surface area (Å²) < 4.78 is 0. The van der Waals surface area contributed by atoms with Gasteiger partial charge in [-0.05, 0) is 67.3 Å². The van der Waals surface area contributed by atoms with Gasteiger partial charge in [-0.25, -0.2) is 4.98 Å². The number of nitrogens with two attached hydrogens (primary N) is 1. The number of hydrogen-bond donors (Lipinski definition) is 1. The molecule has 0 saturated heterocycles. The Kier molecular flexibility index (Phi) is 7.65. The molecule has 178 valence electrons. The molecule has 0 aliphatic carbocycles. The second kappa shape index (κ2) is 9.94. The van der Waals surface area contributed by atoms with Crippen LogP contribution in [0.2, 0.25) is 0 Å². The minimum absolute atomic E-state index is 0.0622. The average Bonchev–Trinajstić information content (AvgIpc) is 3.22. The van der Waals surface area contributed by atoms with Crippen LogP contribution in [0, 0.1) is 0 Å². The standard InChI is InChI=1S/C28H40N4S/c1-17(2)21-13-23(18(3)4)26(24(14-21)19(5)6)25-16-33-27(31-25)32(28(8,9)20(7)29)22-11-10-12-30-15-22/h10-20H,29H2,1-9H3. The van der Waals surface area contributed by atoms with Crippen LogP contribution in [0.3, 0.4) is 0 Å². The van der Waals surface area contributed by atoms with Crippen LogP contribution in [0.5, 0.6) is 0 Å². The number of rotatable bonds is 8. The Morgan fingerprint density at radius 2 is 1.55 bits per heavy atom. The van der Waals surface area contributed by atoms with E-state index in [1.807, 2.05) is 12.3 Å². The molecule has 2 aromatic heterocycles. The molecule has 2 heterocycles. The van der Waals surface area contributed by atoms with E-state index in [-0.39, 0.29) is 11.6 Å². The third-order valence-corrected chi connectivity index (χ3v) is 7.49. The molecule has 0 bridgehead atoms. The molecule has 1 atom stereocenters. The lowest BCUT2D eigenvalue weighted by atomic mass is 9.83. The highest BCUT2D eigenvalue weighted by Crippen LogP contribution is 2.42. The first kappa shape index (κ1) is 25.4. The first-order valence-corrected chi connectivity index (χ1v) is 12.9. The molecule has 0 amide bonds. The van der Waals surface area contributed by atoms with Gasteiger partial charge >= 0.3 is 0 Å². The number of thiazole rings is 1. The quantitative estimate of drug-likeness (QED) is 0.369.